The number of carboxylic acids is 1. The van der Waals surface area contributed by atoms with Gasteiger partial charge in [0, 0.05) is 13.7 Å². The summed E-state index contributed by atoms with van der Waals surface area (Å²) in [5, 5.41) is 8.98. The maximum atomic E-state index is 11.0. The molecule has 5 nitrogen and oxygen atoms in total. The quantitative estimate of drug-likeness (QED) is 0.559. The van der Waals surface area contributed by atoms with Crippen LogP contribution in [0.15, 0.2) is 18.2 Å². The maximum absolute atomic E-state index is 11.0. The van der Waals surface area contributed by atoms with Gasteiger partial charge < -0.3 is 20.3 Å². The summed E-state index contributed by atoms with van der Waals surface area (Å²) in [5.74, 6) is -0.790. The highest BCUT2D eigenvalue weighted by atomic mass is 16.5. The van der Waals surface area contributed by atoms with Crippen molar-refractivity contribution < 1.29 is 19.4 Å². The Bertz CT molecular complexity index is 379. The third-order valence-electron chi connectivity index (χ3n) is 2.27. The van der Waals surface area contributed by atoms with Crippen LogP contribution >= 0.6 is 0 Å². The zero-order valence-corrected chi connectivity index (χ0v) is 9.81. The van der Waals surface area contributed by atoms with Gasteiger partial charge in [0.1, 0.15) is 5.56 Å². The summed E-state index contributed by atoms with van der Waals surface area (Å²) in [5.41, 5.74) is 6.13. The number of hydrogen-bond acceptors (Lipinski definition) is 4. The smallest absolute Gasteiger partial charge is 0.339 e. The number of aromatic carboxylic acids is 1. The Morgan fingerprint density at radius 3 is 2.71 bits per heavy atom. The molecule has 94 valence electrons. The van der Waals surface area contributed by atoms with Crippen molar-refractivity contribution in [3.63, 3.8) is 0 Å². The average Bonchev–Trinajstić information content (AvgIpc) is 2.30. The molecule has 1 aromatic carbocycles. The molecule has 0 spiro atoms. The largest absolute Gasteiger partial charge is 0.491 e. The molecule has 0 aliphatic heterocycles. The van der Waals surface area contributed by atoms with Crippen molar-refractivity contribution in [1.82, 2.24) is 0 Å². The lowest BCUT2D eigenvalue weighted by Gasteiger charge is -2.11. The maximum Gasteiger partial charge on any atom is 0.339 e. The number of nitrogen functional groups attached to an aromatic ring is 1. The molecule has 5 heteroatoms. The number of unbranched alkanes of at least 4 members (excludes halogenated alkanes) is 1. The lowest BCUT2D eigenvalue weighted by Crippen LogP contribution is -2.07. The minimum atomic E-state index is -1.04. The lowest BCUT2D eigenvalue weighted by molar-refractivity contribution is 0.0692. The molecule has 0 bridgehead atoms. The molecule has 0 saturated heterocycles. The number of hydrogen-bond donors (Lipinski definition) is 2. The van der Waals surface area contributed by atoms with E-state index in [4.69, 9.17) is 20.3 Å². The molecule has 17 heavy (non-hydrogen) atoms. The van der Waals surface area contributed by atoms with Crippen LogP contribution in [0.5, 0.6) is 5.75 Å². The number of carbonyl (C=O) groups is 1. The molecular weight excluding hydrogens is 222 g/mol. The average molecular weight is 239 g/mol. The third kappa shape index (κ3) is 3.96. The highest BCUT2D eigenvalue weighted by molar-refractivity contribution is 5.93. The number of rotatable bonds is 7. The molecule has 0 unspecified atom stereocenters. The summed E-state index contributed by atoms with van der Waals surface area (Å²) in [6, 6.07) is 4.69. The van der Waals surface area contributed by atoms with E-state index >= 15 is 0 Å². The number of anilines is 1. The molecule has 0 fully saturated rings. The van der Waals surface area contributed by atoms with Crippen molar-refractivity contribution in [3.05, 3.63) is 23.8 Å². The molecule has 0 aliphatic rings. The first-order chi connectivity index (χ1) is 8.16. The highest BCUT2D eigenvalue weighted by Crippen LogP contribution is 2.26. The van der Waals surface area contributed by atoms with E-state index in [9.17, 15) is 4.79 Å². The monoisotopic (exact) mass is 239 g/mol. The van der Waals surface area contributed by atoms with E-state index in [-0.39, 0.29) is 11.3 Å². The van der Waals surface area contributed by atoms with E-state index in [0.29, 0.717) is 18.9 Å². The standard InChI is InChI=1S/C12H17NO4/c1-16-7-2-3-8-17-11-9(12(14)15)5-4-6-10(11)13/h4-6H,2-3,7-8,13H2,1H3,(H,14,15). The fourth-order valence-corrected chi connectivity index (χ4v) is 1.41. The number of methoxy groups -OCH3 is 1. The zero-order chi connectivity index (χ0) is 12.7. The first-order valence-corrected chi connectivity index (χ1v) is 5.40. The van der Waals surface area contributed by atoms with Crippen LogP contribution in [0, 0.1) is 0 Å². The SMILES string of the molecule is COCCCCOc1c(N)cccc1C(=O)O. The molecule has 1 aromatic rings. The van der Waals surface area contributed by atoms with Gasteiger partial charge in [-0.25, -0.2) is 4.79 Å². The van der Waals surface area contributed by atoms with Gasteiger partial charge >= 0.3 is 5.97 Å². The van der Waals surface area contributed by atoms with Gasteiger partial charge in [-0.3, -0.25) is 0 Å². The molecule has 0 heterocycles. The van der Waals surface area contributed by atoms with Gasteiger partial charge in [-0.1, -0.05) is 6.07 Å². The minimum absolute atomic E-state index is 0.0942. The normalized spacial score (nSPS) is 10.2. The van der Waals surface area contributed by atoms with Gasteiger partial charge in [0.2, 0.25) is 0 Å². The van der Waals surface area contributed by atoms with Crippen LogP contribution in [-0.2, 0) is 4.74 Å². The second-order valence-electron chi connectivity index (χ2n) is 3.58. The van der Waals surface area contributed by atoms with E-state index in [1.54, 1.807) is 19.2 Å². The molecule has 0 atom stereocenters. The van der Waals surface area contributed by atoms with Crippen LogP contribution in [0.2, 0.25) is 0 Å². The molecule has 0 aromatic heterocycles. The van der Waals surface area contributed by atoms with Crippen molar-refractivity contribution >= 4 is 11.7 Å². The predicted octanol–water partition coefficient (Wildman–Crippen LogP) is 1.77. The molecule has 0 saturated carbocycles. The van der Waals surface area contributed by atoms with Gasteiger partial charge in [-0.15, -0.1) is 0 Å². The van der Waals surface area contributed by atoms with Crippen LogP contribution in [0.3, 0.4) is 0 Å². The van der Waals surface area contributed by atoms with E-state index in [1.165, 1.54) is 6.07 Å². The van der Waals surface area contributed by atoms with Gasteiger partial charge in [0.25, 0.3) is 0 Å². The number of nitrogens with two attached hydrogens (primary N) is 1. The lowest BCUT2D eigenvalue weighted by atomic mass is 10.2. The second kappa shape index (κ2) is 6.75. The fourth-order valence-electron chi connectivity index (χ4n) is 1.41. The van der Waals surface area contributed by atoms with Crippen LogP contribution in [-0.4, -0.2) is 31.4 Å². The van der Waals surface area contributed by atoms with E-state index in [0.717, 1.165) is 12.8 Å². The van der Waals surface area contributed by atoms with Crippen molar-refractivity contribution in [2.24, 2.45) is 0 Å². The number of para-hydroxylation sites is 1. The summed E-state index contributed by atoms with van der Waals surface area (Å²) < 4.78 is 10.3. The zero-order valence-electron chi connectivity index (χ0n) is 9.81. The predicted molar refractivity (Wildman–Crippen MR) is 64.4 cm³/mol. The van der Waals surface area contributed by atoms with Crippen molar-refractivity contribution in [2.45, 2.75) is 12.8 Å². The molecule has 1 rings (SSSR count). The van der Waals surface area contributed by atoms with Gasteiger partial charge in [-0.05, 0) is 25.0 Å². The Kier molecular flexibility index (Phi) is 5.29. The number of ether oxygens (including phenoxy) is 2. The van der Waals surface area contributed by atoms with Crippen molar-refractivity contribution in [2.75, 3.05) is 26.1 Å². The summed E-state index contributed by atoms with van der Waals surface area (Å²) >= 11 is 0. The Morgan fingerprint density at radius 2 is 2.06 bits per heavy atom. The second-order valence-corrected chi connectivity index (χ2v) is 3.58. The van der Waals surface area contributed by atoms with E-state index < -0.39 is 5.97 Å². The van der Waals surface area contributed by atoms with Crippen molar-refractivity contribution in [3.8, 4) is 5.75 Å². The Hall–Kier alpha value is -1.75. The molecular formula is C12H17NO4. The van der Waals surface area contributed by atoms with Crippen LogP contribution in [0.4, 0.5) is 5.69 Å². The van der Waals surface area contributed by atoms with Gasteiger partial charge in [0.15, 0.2) is 5.75 Å². The first kappa shape index (κ1) is 13.3. The molecule has 0 radical (unpaired) electrons. The fraction of sp³-hybridized carbons (Fsp3) is 0.417. The van der Waals surface area contributed by atoms with Gasteiger partial charge in [0.05, 0.1) is 12.3 Å². The third-order valence-corrected chi connectivity index (χ3v) is 2.27. The minimum Gasteiger partial charge on any atom is -0.491 e. The summed E-state index contributed by atoms with van der Waals surface area (Å²) in [6.07, 6.45) is 1.66. The number of carboxylic acid groups (broad SMARTS) is 1. The Morgan fingerprint density at radius 1 is 1.35 bits per heavy atom. The first-order valence-electron chi connectivity index (χ1n) is 5.40. The molecule has 0 aliphatic carbocycles. The van der Waals surface area contributed by atoms with Crippen LogP contribution in [0.1, 0.15) is 23.2 Å². The van der Waals surface area contributed by atoms with Crippen LogP contribution in [0.25, 0.3) is 0 Å². The summed E-state index contributed by atoms with van der Waals surface area (Å²) in [4.78, 5) is 11.0. The van der Waals surface area contributed by atoms with Gasteiger partial charge in [-0.2, -0.15) is 0 Å². The highest BCUT2D eigenvalue weighted by Gasteiger charge is 2.13. The molecule has 0 amide bonds. The summed E-state index contributed by atoms with van der Waals surface area (Å²) in [6.45, 7) is 1.09. The topological polar surface area (TPSA) is 81.8 Å². The van der Waals surface area contributed by atoms with Crippen LogP contribution < -0.4 is 10.5 Å². The Labute approximate surface area is 100 Å². The van der Waals surface area contributed by atoms with E-state index in [1.807, 2.05) is 0 Å². The number of benzene rings is 1. The Balaban J connectivity index is 2.60. The summed E-state index contributed by atoms with van der Waals surface area (Å²) in [7, 11) is 1.64. The molecule has 3 N–H and O–H groups in total. The van der Waals surface area contributed by atoms with Crippen molar-refractivity contribution in [1.29, 1.82) is 0 Å². The van der Waals surface area contributed by atoms with E-state index in [2.05, 4.69) is 0 Å².